The molecule has 2 amide bonds. The first-order valence-electron chi connectivity index (χ1n) is 7.28. The number of carboxylic acids is 1. The SMILES string of the molecule is CC(C(=O)O)N(C)C(=O)C1CCCN1C(=O)c1ccc([N+](=O)[O-])s1. The Hall–Kier alpha value is -2.49. The van der Waals surface area contributed by atoms with Crippen molar-refractivity contribution >= 4 is 34.1 Å². The summed E-state index contributed by atoms with van der Waals surface area (Å²) in [6.07, 6.45) is 1.06. The molecule has 2 atom stereocenters. The highest BCUT2D eigenvalue weighted by molar-refractivity contribution is 7.17. The van der Waals surface area contributed by atoms with Crippen LogP contribution in [0.2, 0.25) is 0 Å². The molecule has 0 aromatic carbocycles. The second-order valence-electron chi connectivity index (χ2n) is 5.51. The molecule has 9 nitrogen and oxygen atoms in total. The number of nitrogens with zero attached hydrogens (tertiary/aromatic N) is 3. The molecule has 2 heterocycles. The van der Waals surface area contributed by atoms with E-state index in [1.165, 1.54) is 31.0 Å². The fraction of sp³-hybridized carbons (Fsp3) is 0.500. The molecule has 1 N–H and O–H groups in total. The number of hydrogen-bond donors (Lipinski definition) is 1. The molecule has 0 aliphatic carbocycles. The largest absolute Gasteiger partial charge is 0.480 e. The van der Waals surface area contributed by atoms with Gasteiger partial charge in [0.2, 0.25) is 5.91 Å². The molecule has 10 heteroatoms. The van der Waals surface area contributed by atoms with Gasteiger partial charge in [-0.25, -0.2) is 4.79 Å². The first-order valence-corrected chi connectivity index (χ1v) is 8.10. The van der Waals surface area contributed by atoms with Crippen molar-refractivity contribution in [1.29, 1.82) is 0 Å². The highest BCUT2D eigenvalue weighted by atomic mass is 32.1. The van der Waals surface area contributed by atoms with Gasteiger partial charge in [0.15, 0.2) is 0 Å². The standard InChI is InChI=1S/C14H17N3O6S/c1-8(14(20)21)15(2)12(18)9-4-3-7-16(9)13(19)10-5-6-11(24-10)17(22)23/h5-6,8-9H,3-4,7H2,1-2H3,(H,20,21). The Labute approximate surface area is 141 Å². The Kier molecular flexibility index (Phi) is 5.17. The lowest BCUT2D eigenvalue weighted by Crippen LogP contribution is -2.50. The van der Waals surface area contributed by atoms with Gasteiger partial charge in [0.1, 0.15) is 12.1 Å². The number of carbonyl (C=O) groups is 3. The summed E-state index contributed by atoms with van der Waals surface area (Å²) in [6.45, 7) is 1.75. The maximum Gasteiger partial charge on any atom is 0.326 e. The van der Waals surface area contributed by atoms with Crippen LogP contribution in [0.15, 0.2) is 12.1 Å². The van der Waals surface area contributed by atoms with Crippen molar-refractivity contribution in [2.24, 2.45) is 0 Å². The lowest BCUT2D eigenvalue weighted by atomic mass is 10.1. The molecule has 1 fully saturated rings. The summed E-state index contributed by atoms with van der Waals surface area (Å²) < 4.78 is 0. The molecule has 130 valence electrons. The highest BCUT2D eigenvalue weighted by Gasteiger charge is 2.38. The average Bonchev–Trinajstić information content (AvgIpc) is 3.20. The van der Waals surface area contributed by atoms with E-state index in [1.54, 1.807) is 0 Å². The third kappa shape index (κ3) is 3.37. The van der Waals surface area contributed by atoms with E-state index >= 15 is 0 Å². The number of nitro groups is 1. The van der Waals surface area contributed by atoms with Gasteiger partial charge in [-0.1, -0.05) is 11.3 Å². The van der Waals surface area contributed by atoms with Gasteiger partial charge in [0.05, 0.1) is 9.80 Å². The number of hydrogen-bond acceptors (Lipinski definition) is 6. The number of rotatable bonds is 5. The monoisotopic (exact) mass is 355 g/mol. The summed E-state index contributed by atoms with van der Waals surface area (Å²) in [6, 6.07) is 0.876. The minimum atomic E-state index is -1.13. The van der Waals surface area contributed by atoms with Crippen molar-refractivity contribution in [1.82, 2.24) is 9.80 Å². The van der Waals surface area contributed by atoms with Crippen LogP contribution in [0.3, 0.4) is 0 Å². The van der Waals surface area contributed by atoms with Crippen molar-refractivity contribution in [3.63, 3.8) is 0 Å². The van der Waals surface area contributed by atoms with Gasteiger partial charge < -0.3 is 14.9 Å². The minimum absolute atomic E-state index is 0.142. The first-order chi connectivity index (χ1) is 11.2. The van der Waals surface area contributed by atoms with Crippen LogP contribution in [0.4, 0.5) is 5.00 Å². The molecule has 1 aliphatic heterocycles. The second kappa shape index (κ2) is 6.95. The van der Waals surface area contributed by atoms with Crippen LogP contribution in [0, 0.1) is 10.1 Å². The lowest BCUT2D eigenvalue weighted by molar-refractivity contribution is -0.380. The molecule has 0 spiro atoms. The predicted octanol–water partition coefficient (Wildman–Crippen LogP) is 1.19. The number of likely N-dealkylation sites (N-methyl/N-ethyl adjacent to an activating group) is 1. The Morgan fingerprint density at radius 3 is 2.67 bits per heavy atom. The molecule has 2 rings (SSSR count). The summed E-state index contributed by atoms with van der Waals surface area (Å²) >= 11 is 0.760. The minimum Gasteiger partial charge on any atom is -0.480 e. The third-order valence-corrected chi connectivity index (χ3v) is 5.09. The molecule has 0 bridgehead atoms. The van der Waals surface area contributed by atoms with E-state index in [4.69, 9.17) is 5.11 Å². The van der Waals surface area contributed by atoms with Crippen molar-refractivity contribution in [2.45, 2.75) is 31.8 Å². The molecule has 0 saturated carbocycles. The zero-order valence-corrected chi connectivity index (χ0v) is 14.0. The number of thiophene rings is 1. The van der Waals surface area contributed by atoms with Gasteiger partial charge in [-0.3, -0.25) is 19.7 Å². The topological polar surface area (TPSA) is 121 Å². The van der Waals surface area contributed by atoms with Crippen molar-refractivity contribution < 1.29 is 24.4 Å². The fourth-order valence-corrected chi connectivity index (χ4v) is 3.32. The van der Waals surface area contributed by atoms with Crippen LogP contribution in [-0.2, 0) is 9.59 Å². The Bertz CT molecular complexity index is 688. The van der Waals surface area contributed by atoms with Crippen molar-refractivity contribution in [3.05, 3.63) is 27.1 Å². The number of amides is 2. The van der Waals surface area contributed by atoms with Crippen LogP contribution in [0.1, 0.15) is 29.4 Å². The molecular formula is C14H17N3O6S. The average molecular weight is 355 g/mol. The van der Waals surface area contributed by atoms with Crippen molar-refractivity contribution in [3.8, 4) is 0 Å². The second-order valence-corrected chi connectivity index (χ2v) is 6.58. The molecular weight excluding hydrogens is 338 g/mol. The molecule has 0 radical (unpaired) electrons. The van der Waals surface area contributed by atoms with Gasteiger partial charge >= 0.3 is 11.0 Å². The predicted molar refractivity (Wildman–Crippen MR) is 84.9 cm³/mol. The van der Waals surface area contributed by atoms with E-state index in [1.807, 2.05) is 0 Å². The Morgan fingerprint density at radius 1 is 1.46 bits per heavy atom. The van der Waals surface area contributed by atoms with Gasteiger partial charge in [-0.2, -0.15) is 0 Å². The zero-order chi connectivity index (χ0) is 18.0. The molecule has 2 unspecified atom stereocenters. The number of carboxylic acid groups (broad SMARTS) is 1. The van der Waals surface area contributed by atoms with E-state index < -0.39 is 34.8 Å². The normalized spacial score (nSPS) is 18.2. The van der Waals surface area contributed by atoms with E-state index in [0.717, 1.165) is 16.2 Å². The van der Waals surface area contributed by atoms with E-state index in [0.29, 0.717) is 19.4 Å². The van der Waals surface area contributed by atoms with Gasteiger partial charge in [-0.05, 0) is 25.8 Å². The zero-order valence-electron chi connectivity index (χ0n) is 13.2. The summed E-state index contributed by atoms with van der Waals surface area (Å²) in [4.78, 5) is 48.9. The molecule has 1 aromatic rings. The van der Waals surface area contributed by atoms with Crippen LogP contribution < -0.4 is 0 Å². The molecule has 1 saturated heterocycles. The first kappa shape index (κ1) is 17.9. The summed E-state index contributed by atoms with van der Waals surface area (Å²) in [7, 11) is 1.39. The highest BCUT2D eigenvalue weighted by Crippen LogP contribution is 2.28. The van der Waals surface area contributed by atoms with Crippen LogP contribution in [-0.4, -0.2) is 63.3 Å². The Morgan fingerprint density at radius 2 is 2.12 bits per heavy atom. The summed E-state index contributed by atoms with van der Waals surface area (Å²) in [5.74, 6) is -2.02. The van der Waals surface area contributed by atoms with E-state index in [2.05, 4.69) is 0 Å². The summed E-state index contributed by atoms with van der Waals surface area (Å²) in [5, 5.41) is 19.6. The van der Waals surface area contributed by atoms with Gasteiger partial charge in [0, 0.05) is 19.7 Å². The van der Waals surface area contributed by atoms with E-state index in [-0.39, 0.29) is 9.88 Å². The van der Waals surface area contributed by atoms with Crippen LogP contribution in [0.25, 0.3) is 0 Å². The maximum atomic E-state index is 12.6. The van der Waals surface area contributed by atoms with Gasteiger partial charge in [0.25, 0.3) is 5.91 Å². The van der Waals surface area contributed by atoms with Crippen molar-refractivity contribution in [2.75, 3.05) is 13.6 Å². The van der Waals surface area contributed by atoms with Crippen LogP contribution in [0.5, 0.6) is 0 Å². The maximum absolute atomic E-state index is 12.6. The quantitative estimate of drug-likeness (QED) is 0.625. The third-order valence-electron chi connectivity index (χ3n) is 4.07. The lowest BCUT2D eigenvalue weighted by Gasteiger charge is -2.29. The number of aliphatic carboxylic acids is 1. The number of likely N-dealkylation sites (tertiary alicyclic amines) is 1. The molecule has 24 heavy (non-hydrogen) atoms. The number of carbonyl (C=O) groups excluding carboxylic acids is 2. The molecule has 1 aliphatic rings. The van der Waals surface area contributed by atoms with Gasteiger partial charge in [-0.15, -0.1) is 0 Å². The Balaban J connectivity index is 2.17. The van der Waals surface area contributed by atoms with Crippen LogP contribution >= 0.6 is 11.3 Å². The van der Waals surface area contributed by atoms with E-state index in [9.17, 15) is 24.5 Å². The summed E-state index contributed by atoms with van der Waals surface area (Å²) in [5.41, 5.74) is 0. The smallest absolute Gasteiger partial charge is 0.326 e. The molecule has 1 aromatic heterocycles. The fourth-order valence-electron chi connectivity index (χ4n) is 2.54.